The number of hydrogen-bond donors (Lipinski definition) is 3. The van der Waals surface area contributed by atoms with Gasteiger partial charge in [0.25, 0.3) is 5.91 Å². The van der Waals surface area contributed by atoms with Crippen LogP contribution in [0.1, 0.15) is 40.7 Å². The number of amides is 3. The fourth-order valence-corrected chi connectivity index (χ4v) is 3.49. The van der Waals surface area contributed by atoms with Gasteiger partial charge in [-0.15, -0.1) is 0 Å². The number of rotatable bonds is 3. The quantitative estimate of drug-likeness (QED) is 0.786. The van der Waals surface area contributed by atoms with Crippen LogP contribution in [0.5, 0.6) is 5.75 Å². The van der Waals surface area contributed by atoms with Gasteiger partial charge in [0, 0.05) is 19.6 Å². The Morgan fingerprint density at radius 1 is 1.26 bits per heavy atom. The minimum absolute atomic E-state index is 0.0494. The van der Waals surface area contributed by atoms with E-state index in [4.69, 9.17) is 5.73 Å². The summed E-state index contributed by atoms with van der Waals surface area (Å²) in [5.41, 5.74) is 7.92. The van der Waals surface area contributed by atoms with Gasteiger partial charge in [-0.2, -0.15) is 0 Å². The first kappa shape index (κ1) is 15.6. The molecule has 1 saturated heterocycles. The highest BCUT2D eigenvalue weighted by Gasteiger charge is 2.25. The highest BCUT2D eigenvalue weighted by molar-refractivity contribution is 5.97. The van der Waals surface area contributed by atoms with Crippen molar-refractivity contribution in [1.82, 2.24) is 10.2 Å². The van der Waals surface area contributed by atoms with E-state index in [-0.39, 0.29) is 17.6 Å². The molecule has 124 valence electrons. The van der Waals surface area contributed by atoms with E-state index in [9.17, 15) is 14.7 Å². The standard InChI is InChI=1S/C17H23N3O3/c18-17(23)20-6-5-11(10-20)9-19-16(22)14-7-12-3-1-2-4-13(12)8-15(14)21/h7-8,11,21H,1-6,9-10H2,(H2,18,23)(H,19,22). The van der Waals surface area contributed by atoms with Crippen molar-refractivity contribution < 1.29 is 14.7 Å². The highest BCUT2D eigenvalue weighted by Crippen LogP contribution is 2.28. The maximum Gasteiger partial charge on any atom is 0.314 e. The number of phenols is 1. The van der Waals surface area contributed by atoms with Gasteiger partial charge in [0.2, 0.25) is 0 Å². The summed E-state index contributed by atoms with van der Waals surface area (Å²) in [5.74, 6) is 0.00736. The van der Waals surface area contributed by atoms with Crippen LogP contribution in [0.3, 0.4) is 0 Å². The summed E-state index contributed by atoms with van der Waals surface area (Å²) in [4.78, 5) is 25.1. The molecule has 0 bridgehead atoms. The van der Waals surface area contributed by atoms with Crippen LogP contribution in [0, 0.1) is 5.92 Å². The molecule has 2 aliphatic rings. The van der Waals surface area contributed by atoms with Crippen LogP contribution in [-0.4, -0.2) is 41.6 Å². The van der Waals surface area contributed by atoms with Gasteiger partial charge in [-0.05, 0) is 61.3 Å². The van der Waals surface area contributed by atoms with E-state index in [1.165, 1.54) is 5.56 Å². The number of fused-ring (bicyclic) bond motifs is 1. The second-order valence-electron chi connectivity index (χ2n) is 6.49. The molecule has 1 atom stereocenters. The lowest BCUT2D eigenvalue weighted by molar-refractivity contribution is 0.0945. The summed E-state index contributed by atoms with van der Waals surface area (Å²) < 4.78 is 0. The lowest BCUT2D eigenvalue weighted by Crippen LogP contribution is -2.35. The smallest absolute Gasteiger partial charge is 0.314 e. The summed E-state index contributed by atoms with van der Waals surface area (Å²) in [6, 6.07) is 3.14. The molecule has 1 fully saturated rings. The Bertz CT molecular complexity index is 630. The predicted molar refractivity (Wildman–Crippen MR) is 86.3 cm³/mol. The third-order valence-electron chi connectivity index (χ3n) is 4.85. The molecule has 1 aliphatic carbocycles. The second-order valence-corrected chi connectivity index (χ2v) is 6.49. The number of benzene rings is 1. The first-order chi connectivity index (χ1) is 11.0. The molecule has 0 saturated carbocycles. The van der Waals surface area contributed by atoms with Crippen molar-refractivity contribution in [1.29, 1.82) is 0 Å². The summed E-state index contributed by atoms with van der Waals surface area (Å²) in [7, 11) is 0. The summed E-state index contributed by atoms with van der Waals surface area (Å²) >= 11 is 0. The normalized spacial score (nSPS) is 20.2. The molecule has 6 heteroatoms. The minimum atomic E-state index is -0.411. The van der Waals surface area contributed by atoms with Crippen LogP contribution in [-0.2, 0) is 12.8 Å². The fraction of sp³-hybridized carbons (Fsp3) is 0.529. The molecule has 0 spiro atoms. The van der Waals surface area contributed by atoms with Gasteiger partial charge in [-0.25, -0.2) is 4.79 Å². The molecule has 1 heterocycles. The maximum absolute atomic E-state index is 12.3. The summed E-state index contributed by atoms with van der Waals surface area (Å²) in [6.45, 7) is 1.70. The number of primary amides is 1. The molecular formula is C17H23N3O3. The molecule has 3 rings (SSSR count). The van der Waals surface area contributed by atoms with Crippen LogP contribution in [0.2, 0.25) is 0 Å². The Balaban J connectivity index is 1.61. The van der Waals surface area contributed by atoms with E-state index in [2.05, 4.69) is 5.32 Å². The summed E-state index contributed by atoms with van der Waals surface area (Å²) in [5, 5.41) is 13.0. The average Bonchev–Trinajstić information content (AvgIpc) is 3.01. The zero-order valence-electron chi connectivity index (χ0n) is 13.2. The Labute approximate surface area is 135 Å². The first-order valence-corrected chi connectivity index (χ1v) is 8.22. The number of hydrogen-bond acceptors (Lipinski definition) is 3. The number of phenolic OH excluding ortho intramolecular Hbond substituents is 1. The molecule has 6 nitrogen and oxygen atoms in total. The van der Waals surface area contributed by atoms with Crippen LogP contribution in [0.15, 0.2) is 12.1 Å². The van der Waals surface area contributed by atoms with Crippen molar-refractivity contribution >= 4 is 11.9 Å². The van der Waals surface area contributed by atoms with Gasteiger partial charge in [-0.1, -0.05) is 0 Å². The van der Waals surface area contributed by atoms with Crippen LogP contribution >= 0.6 is 0 Å². The lowest BCUT2D eigenvalue weighted by atomic mass is 9.90. The van der Waals surface area contributed by atoms with E-state index >= 15 is 0 Å². The molecule has 1 aromatic carbocycles. The van der Waals surface area contributed by atoms with Crippen molar-refractivity contribution in [3.8, 4) is 5.75 Å². The number of carbonyl (C=O) groups is 2. The van der Waals surface area contributed by atoms with Gasteiger partial charge < -0.3 is 21.1 Å². The van der Waals surface area contributed by atoms with Gasteiger partial charge in [-0.3, -0.25) is 4.79 Å². The number of nitrogens with zero attached hydrogens (tertiary/aromatic N) is 1. The molecule has 0 aromatic heterocycles. The minimum Gasteiger partial charge on any atom is -0.507 e. The van der Waals surface area contributed by atoms with Crippen LogP contribution in [0.4, 0.5) is 4.79 Å². The van der Waals surface area contributed by atoms with Gasteiger partial charge in [0.15, 0.2) is 0 Å². The Kier molecular flexibility index (Phi) is 4.41. The largest absolute Gasteiger partial charge is 0.507 e. The Morgan fingerprint density at radius 3 is 2.61 bits per heavy atom. The zero-order chi connectivity index (χ0) is 16.4. The van der Waals surface area contributed by atoms with Crippen molar-refractivity contribution in [3.63, 3.8) is 0 Å². The second kappa shape index (κ2) is 6.48. The molecule has 23 heavy (non-hydrogen) atoms. The lowest BCUT2D eigenvalue weighted by Gasteiger charge is -2.18. The predicted octanol–water partition coefficient (Wildman–Crippen LogP) is 1.40. The topological polar surface area (TPSA) is 95.7 Å². The average molecular weight is 317 g/mol. The van der Waals surface area contributed by atoms with Crippen molar-refractivity contribution in [2.45, 2.75) is 32.1 Å². The van der Waals surface area contributed by atoms with Crippen LogP contribution in [0.25, 0.3) is 0 Å². The molecule has 4 N–H and O–H groups in total. The first-order valence-electron chi connectivity index (χ1n) is 8.22. The SMILES string of the molecule is NC(=O)N1CCC(CNC(=O)c2cc3c(cc2O)CCCC3)C1. The molecular weight excluding hydrogens is 294 g/mol. The fourth-order valence-electron chi connectivity index (χ4n) is 3.49. The number of aromatic hydroxyl groups is 1. The van der Waals surface area contributed by atoms with Crippen molar-refractivity contribution in [2.24, 2.45) is 11.7 Å². The number of nitrogens with two attached hydrogens (primary N) is 1. The molecule has 1 unspecified atom stereocenters. The third kappa shape index (κ3) is 3.41. The third-order valence-corrected chi connectivity index (χ3v) is 4.85. The van der Waals surface area contributed by atoms with Gasteiger partial charge in [0.05, 0.1) is 5.56 Å². The highest BCUT2D eigenvalue weighted by atomic mass is 16.3. The number of urea groups is 1. The molecule has 1 aromatic rings. The molecule has 0 radical (unpaired) electrons. The van der Waals surface area contributed by atoms with E-state index in [0.29, 0.717) is 25.2 Å². The molecule has 3 amide bonds. The van der Waals surface area contributed by atoms with E-state index in [0.717, 1.165) is 37.7 Å². The van der Waals surface area contributed by atoms with E-state index in [1.807, 2.05) is 6.07 Å². The van der Waals surface area contributed by atoms with E-state index in [1.54, 1.807) is 11.0 Å². The summed E-state index contributed by atoms with van der Waals surface area (Å²) in [6.07, 6.45) is 5.03. The monoisotopic (exact) mass is 317 g/mol. The van der Waals surface area contributed by atoms with Gasteiger partial charge >= 0.3 is 6.03 Å². The number of nitrogens with one attached hydrogen (secondary N) is 1. The maximum atomic E-state index is 12.3. The Morgan fingerprint density at radius 2 is 1.96 bits per heavy atom. The number of aryl methyl sites for hydroxylation is 2. The number of carbonyl (C=O) groups excluding carboxylic acids is 2. The van der Waals surface area contributed by atoms with Crippen LogP contribution < -0.4 is 11.1 Å². The molecule has 1 aliphatic heterocycles. The number of likely N-dealkylation sites (tertiary alicyclic amines) is 1. The zero-order valence-corrected chi connectivity index (χ0v) is 13.2. The van der Waals surface area contributed by atoms with E-state index < -0.39 is 6.03 Å². The van der Waals surface area contributed by atoms with Crippen molar-refractivity contribution in [3.05, 3.63) is 28.8 Å². The van der Waals surface area contributed by atoms with Crippen molar-refractivity contribution in [2.75, 3.05) is 19.6 Å². The Hall–Kier alpha value is -2.24. The van der Waals surface area contributed by atoms with Gasteiger partial charge in [0.1, 0.15) is 5.75 Å².